The third-order valence-electron chi connectivity index (χ3n) is 3.05. The number of thiophene rings is 1. The quantitative estimate of drug-likeness (QED) is 0.780. The molecule has 3 rings (SSSR count). The Bertz CT molecular complexity index is 735. The molecule has 0 amide bonds. The number of carboxylic acid groups (broad SMARTS) is 1. The number of hydrogen-bond acceptors (Lipinski definition) is 5. The van der Waals surface area contributed by atoms with E-state index in [0.29, 0.717) is 13.0 Å². The summed E-state index contributed by atoms with van der Waals surface area (Å²) in [4.78, 5) is 12.0. The molecule has 0 saturated carbocycles. The maximum Gasteiger partial charge on any atom is 0.335 e. The summed E-state index contributed by atoms with van der Waals surface area (Å²) in [5.74, 6) is -0.137. The summed E-state index contributed by atoms with van der Waals surface area (Å²) >= 11 is 1.67. The fraction of sp³-hybridized carbons (Fsp3) is 0.143. The van der Waals surface area contributed by atoms with Gasteiger partial charge in [0.05, 0.1) is 12.1 Å². The molecule has 0 aliphatic rings. The molecule has 3 aromatic rings. The molecule has 0 spiro atoms. The second-order valence-electron chi connectivity index (χ2n) is 4.51. The van der Waals surface area contributed by atoms with E-state index < -0.39 is 5.97 Å². The first kappa shape index (κ1) is 13.4. The van der Waals surface area contributed by atoms with Crippen molar-refractivity contribution in [1.82, 2.24) is 20.2 Å². The van der Waals surface area contributed by atoms with Gasteiger partial charge >= 0.3 is 5.97 Å². The van der Waals surface area contributed by atoms with Gasteiger partial charge in [-0.3, -0.25) is 0 Å². The lowest BCUT2D eigenvalue weighted by Crippen LogP contribution is -2.07. The Morgan fingerprint density at radius 3 is 2.71 bits per heavy atom. The zero-order valence-corrected chi connectivity index (χ0v) is 11.8. The SMILES string of the molecule is O=C(O)c1ccc(Cn2nnnc2Cc2cccs2)cc1. The number of nitrogens with zero attached hydrogens (tertiary/aromatic N) is 4. The zero-order valence-electron chi connectivity index (χ0n) is 11.0. The first-order valence-electron chi connectivity index (χ1n) is 6.32. The van der Waals surface area contributed by atoms with Crippen molar-refractivity contribution in [1.29, 1.82) is 0 Å². The fourth-order valence-electron chi connectivity index (χ4n) is 1.97. The lowest BCUT2D eigenvalue weighted by atomic mass is 10.1. The lowest BCUT2D eigenvalue weighted by molar-refractivity contribution is 0.0697. The average Bonchev–Trinajstić information content (AvgIpc) is 3.13. The Balaban J connectivity index is 1.76. The Morgan fingerprint density at radius 1 is 1.24 bits per heavy atom. The summed E-state index contributed by atoms with van der Waals surface area (Å²) in [5, 5.41) is 22.7. The Kier molecular flexibility index (Phi) is 3.74. The highest BCUT2D eigenvalue weighted by Crippen LogP contribution is 2.14. The van der Waals surface area contributed by atoms with E-state index >= 15 is 0 Å². The van der Waals surface area contributed by atoms with Gasteiger partial charge < -0.3 is 5.11 Å². The van der Waals surface area contributed by atoms with Crippen molar-refractivity contribution >= 4 is 17.3 Å². The van der Waals surface area contributed by atoms with Crippen LogP contribution in [-0.4, -0.2) is 31.3 Å². The van der Waals surface area contributed by atoms with Gasteiger partial charge in [0.2, 0.25) is 0 Å². The molecule has 106 valence electrons. The van der Waals surface area contributed by atoms with Crippen LogP contribution in [0.15, 0.2) is 41.8 Å². The number of rotatable bonds is 5. The lowest BCUT2D eigenvalue weighted by Gasteiger charge is -2.04. The summed E-state index contributed by atoms with van der Waals surface area (Å²) in [6, 6.07) is 10.8. The smallest absolute Gasteiger partial charge is 0.335 e. The van der Waals surface area contributed by atoms with Gasteiger partial charge in [-0.1, -0.05) is 18.2 Å². The molecule has 0 bridgehead atoms. The minimum absolute atomic E-state index is 0.272. The van der Waals surface area contributed by atoms with Crippen LogP contribution in [0.3, 0.4) is 0 Å². The van der Waals surface area contributed by atoms with E-state index in [0.717, 1.165) is 11.4 Å². The maximum absolute atomic E-state index is 10.8. The summed E-state index contributed by atoms with van der Waals surface area (Å²) in [6.45, 7) is 0.521. The van der Waals surface area contributed by atoms with E-state index in [1.807, 2.05) is 17.5 Å². The molecular weight excluding hydrogens is 288 g/mol. The van der Waals surface area contributed by atoms with Crippen LogP contribution in [0.25, 0.3) is 0 Å². The van der Waals surface area contributed by atoms with Crippen molar-refractivity contribution < 1.29 is 9.90 Å². The van der Waals surface area contributed by atoms with Crippen molar-refractivity contribution in [2.75, 3.05) is 0 Å². The van der Waals surface area contributed by atoms with Gasteiger partial charge in [0.15, 0.2) is 5.82 Å². The number of aromatic carboxylic acids is 1. The standard InChI is InChI=1S/C14H12N4O2S/c19-14(20)11-5-3-10(4-6-11)9-18-13(15-16-17-18)8-12-2-1-7-21-12/h1-7H,8-9H2,(H,19,20). The highest BCUT2D eigenvalue weighted by molar-refractivity contribution is 7.09. The number of carbonyl (C=O) groups is 1. The van der Waals surface area contributed by atoms with Gasteiger partial charge in [-0.2, -0.15) is 0 Å². The van der Waals surface area contributed by atoms with E-state index in [9.17, 15) is 4.79 Å². The molecule has 0 atom stereocenters. The molecular formula is C14H12N4O2S. The molecule has 1 aromatic carbocycles. The predicted molar refractivity (Wildman–Crippen MR) is 77.4 cm³/mol. The molecule has 1 N–H and O–H groups in total. The molecule has 2 aromatic heterocycles. The van der Waals surface area contributed by atoms with Gasteiger partial charge in [0, 0.05) is 11.3 Å². The molecule has 0 aliphatic heterocycles. The average molecular weight is 300 g/mol. The second-order valence-corrected chi connectivity index (χ2v) is 5.54. The summed E-state index contributed by atoms with van der Waals surface area (Å²) in [6.07, 6.45) is 0.692. The third kappa shape index (κ3) is 3.14. The monoisotopic (exact) mass is 300 g/mol. The van der Waals surface area contributed by atoms with Crippen molar-refractivity contribution in [3.63, 3.8) is 0 Å². The van der Waals surface area contributed by atoms with Crippen molar-refractivity contribution in [3.05, 3.63) is 63.6 Å². The van der Waals surface area contributed by atoms with Gasteiger partial charge in [-0.15, -0.1) is 16.4 Å². The van der Waals surface area contributed by atoms with Crippen molar-refractivity contribution in [2.24, 2.45) is 0 Å². The fourth-order valence-corrected chi connectivity index (χ4v) is 2.67. The Morgan fingerprint density at radius 2 is 2.05 bits per heavy atom. The number of aromatic nitrogens is 4. The molecule has 0 unspecified atom stereocenters. The zero-order chi connectivity index (χ0) is 14.7. The Labute approximate surface area is 124 Å². The molecule has 0 saturated heterocycles. The van der Waals surface area contributed by atoms with Crippen LogP contribution >= 0.6 is 11.3 Å². The summed E-state index contributed by atoms with van der Waals surface area (Å²) in [7, 11) is 0. The number of tetrazole rings is 1. The molecule has 2 heterocycles. The van der Waals surface area contributed by atoms with E-state index in [1.54, 1.807) is 40.3 Å². The minimum atomic E-state index is -0.928. The maximum atomic E-state index is 10.8. The topological polar surface area (TPSA) is 80.9 Å². The molecule has 7 heteroatoms. The third-order valence-corrected chi connectivity index (χ3v) is 3.93. The minimum Gasteiger partial charge on any atom is -0.478 e. The molecule has 21 heavy (non-hydrogen) atoms. The van der Waals surface area contributed by atoms with Crippen molar-refractivity contribution in [2.45, 2.75) is 13.0 Å². The van der Waals surface area contributed by atoms with E-state index in [1.165, 1.54) is 4.88 Å². The van der Waals surface area contributed by atoms with Crippen LogP contribution < -0.4 is 0 Å². The van der Waals surface area contributed by atoms with Crippen LogP contribution in [0.1, 0.15) is 26.6 Å². The van der Waals surface area contributed by atoms with E-state index in [-0.39, 0.29) is 5.56 Å². The second kappa shape index (κ2) is 5.84. The largest absolute Gasteiger partial charge is 0.478 e. The van der Waals surface area contributed by atoms with Gasteiger partial charge in [-0.25, -0.2) is 9.48 Å². The number of carboxylic acids is 1. The highest BCUT2D eigenvalue weighted by atomic mass is 32.1. The summed E-state index contributed by atoms with van der Waals surface area (Å²) < 4.78 is 1.73. The summed E-state index contributed by atoms with van der Waals surface area (Å²) in [5.41, 5.74) is 1.23. The highest BCUT2D eigenvalue weighted by Gasteiger charge is 2.09. The first-order chi connectivity index (χ1) is 10.2. The molecule has 6 nitrogen and oxygen atoms in total. The van der Waals surface area contributed by atoms with Crippen LogP contribution in [0.2, 0.25) is 0 Å². The van der Waals surface area contributed by atoms with Crippen LogP contribution in [0.4, 0.5) is 0 Å². The Hall–Kier alpha value is -2.54. The number of benzene rings is 1. The molecule has 0 aliphatic carbocycles. The van der Waals surface area contributed by atoms with E-state index in [2.05, 4.69) is 15.5 Å². The normalized spacial score (nSPS) is 10.7. The first-order valence-corrected chi connectivity index (χ1v) is 7.20. The van der Waals surface area contributed by atoms with Gasteiger partial charge in [0.1, 0.15) is 0 Å². The molecule has 0 radical (unpaired) electrons. The van der Waals surface area contributed by atoms with E-state index in [4.69, 9.17) is 5.11 Å². The van der Waals surface area contributed by atoms with Crippen molar-refractivity contribution in [3.8, 4) is 0 Å². The molecule has 0 fully saturated rings. The van der Waals surface area contributed by atoms with Gasteiger partial charge in [-0.05, 0) is 39.6 Å². The number of hydrogen-bond donors (Lipinski definition) is 1. The predicted octanol–water partition coefficient (Wildman–Crippen LogP) is 2.07. The van der Waals surface area contributed by atoms with Crippen LogP contribution in [0, 0.1) is 0 Å². The van der Waals surface area contributed by atoms with Crippen LogP contribution in [-0.2, 0) is 13.0 Å². The van der Waals surface area contributed by atoms with Gasteiger partial charge in [0.25, 0.3) is 0 Å². The van der Waals surface area contributed by atoms with Crippen LogP contribution in [0.5, 0.6) is 0 Å².